The van der Waals surface area contributed by atoms with Gasteiger partial charge in [-0.25, -0.2) is 0 Å². The van der Waals surface area contributed by atoms with Gasteiger partial charge in [0.25, 0.3) is 0 Å². The van der Waals surface area contributed by atoms with Crippen LogP contribution in [-0.2, 0) is 23.9 Å². The molecule has 0 aliphatic rings. The van der Waals surface area contributed by atoms with Gasteiger partial charge in [0.05, 0.1) is 23.0 Å². The topological polar surface area (TPSA) is 71.6 Å². The highest BCUT2D eigenvalue weighted by Crippen LogP contribution is 2.29. The fourth-order valence-electron chi connectivity index (χ4n) is 2.84. The van der Waals surface area contributed by atoms with Crippen LogP contribution in [0, 0.1) is 31.1 Å². The molecule has 0 spiro atoms. The molecule has 0 bridgehead atoms. The van der Waals surface area contributed by atoms with Crippen molar-refractivity contribution in [1.82, 2.24) is 14.8 Å². The summed E-state index contributed by atoms with van der Waals surface area (Å²) in [4.78, 5) is 16.3. The number of pyridine rings is 1. The Labute approximate surface area is 155 Å². The van der Waals surface area contributed by atoms with Gasteiger partial charge in [-0.05, 0) is 31.9 Å². The van der Waals surface area contributed by atoms with E-state index >= 15 is 0 Å². The Morgan fingerprint density at radius 2 is 1.96 bits per heavy atom. The first-order valence-electron chi connectivity index (χ1n) is 8.53. The zero-order valence-electron chi connectivity index (χ0n) is 15.6. The molecular formula is C19H21F3N4O. The van der Waals surface area contributed by atoms with E-state index in [2.05, 4.69) is 23.9 Å². The highest BCUT2D eigenvalue weighted by atomic mass is 19.4. The number of nitrogens with zero attached hydrogens (tertiary/aromatic N) is 4. The average molecular weight is 378 g/mol. The third kappa shape index (κ3) is 4.73. The number of alkyl halides is 3. The molecule has 2 heterocycles. The third-order valence-corrected chi connectivity index (χ3v) is 4.28. The molecule has 2 aromatic rings. The number of aromatic nitrogens is 3. The van der Waals surface area contributed by atoms with Crippen molar-refractivity contribution in [2.45, 2.75) is 52.8 Å². The maximum Gasteiger partial charge on any atom is 0.417 e. The molecule has 1 unspecified atom stereocenters. The van der Waals surface area contributed by atoms with Crippen LogP contribution in [-0.4, -0.2) is 20.5 Å². The van der Waals surface area contributed by atoms with Gasteiger partial charge < -0.3 is 0 Å². The first-order valence-corrected chi connectivity index (χ1v) is 8.53. The van der Waals surface area contributed by atoms with E-state index < -0.39 is 23.4 Å². The second-order valence-electron chi connectivity index (χ2n) is 6.90. The highest BCUT2D eigenvalue weighted by Gasteiger charge is 2.32. The summed E-state index contributed by atoms with van der Waals surface area (Å²) in [5.41, 5.74) is 1.40. The number of ketones is 1. The fourth-order valence-corrected chi connectivity index (χ4v) is 2.84. The SMILES string of the molecule is Cc1nn(CC(C)C)c(C)c1CC(=O)C(C#N)c1ccc(C(F)(F)F)cn1. The molecule has 0 aliphatic carbocycles. The molecule has 2 aromatic heterocycles. The summed E-state index contributed by atoms with van der Waals surface area (Å²) in [7, 11) is 0. The summed E-state index contributed by atoms with van der Waals surface area (Å²) in [6, 6.07) is 3.76. The van der Waals surface area contributed by atoms with E-state index in [1.807, 2.05) is 17.7 Å². The van der Waals surface area contributed by atoms with Crippen molar-refractivity contribution in [2.75, 3.05) is 0 Å². The minimum absolute atomic E-state index is 0.0142. The molecule has 0 saturated carbocycles. The van der Waals surface area contributed by atoms with Crippen LogP contribution in [0.3, 0.4) is 0 Å². The molecule has 2 rings (SSSR count). The fraction of sp³-hybridized carbons (Fsp3) is 0.474. The van der Waals surface area contributed by atoms with Gasteiger partial charge >= 0.3 is 6.18 Å². The van der Waals surface area contributed by atoms with Crippen molar-refractivity contribution < 1.29 is 18.0 Å². The van der Waals surface area contributed by atoms with Crippen LogP contribution in [0.2, 0.25) is 0 Å². The summed E-state index contributed by atoms with van der Waals surface area (Å²) in [6.07, 6.45) is -3.89. The van der Waals surface area contributed by atoms with Crippen LogP contribution in [0.1, 0.15) is 48.0 Å². The molecule has 0 radical (unpaired) electrons. The van der Waals surface area contributed by atoms with Crippen LogP contribution >= 0.6 is 0 Å². The van der Waals surface area contributed by atoms with Gasteiger partial charge in [-0.1, -0.05) is 13.8 Å². The molecule has 0 N–H and O–H groups in total. The van der Waals surface area contributed by atoms with E-state index in [9.17, 15) is 23.2 Å². The second-order valence-corrected chi connectivity index (χ2v) is 6.90. The average Bonchev–Trinajstić information content (AvgIpc) is 2.82. The maximum absolute atomic E-state index is 12.6. The number of Topliss-reactive ketones (excluding diaryl/α,β-unsaturated/α-hetero) is 1. The van der Waals surface area contributed by atoms with Crippen LogP contribution in [0.15, 0.2) is 18.3 Å². The Bertz CT molecular complexity index is 861. The molecule has 27 heavy (non-hydrogen) atoms. The number of nitriles is 1. The van der Waals surface area contributed by atoms with E-state index in [-0.39, 0.29) is 12.1 Å². The molecule has 0 fully saturated rings. The smallest absolute Gasteiger partial charge is 0.297 e. The summed E-state index contributed by atoms with van der Waals surface area (Å²) in [6.45, 7) is 8.49. The van der Waals surface area contributed by atoms with Crippen LogP contribution in [0.5, 0.6) is 0 Å². The molecule has 8 heteroatoms. The van der Waals surface area contributed by atoms with E-state index in [0.29, 0.717) is 24.4 Å². The molecule has 144 valence electrons. The lowest BCUT2D eigenvalue weighted by Crippen LogP contribution is -2.16. The van der Waals surface area contributed by atoms with Crippen molar-refractivity contribution in [2.24, 2.45) is 5.92 Å². The molecule has 0 aliphatic heterocycles. The second kappa shape index (κ2) is 7.91. The van der Waals surface area contributed by atoms with E-state index in [4.69, 9.17) is 0 Å². The van der Waals surface area contributed by atoms with Gasteiger partial charge in [0, 0.05) is 30.4 Å². The Morgan fingerprint density at radius 1 is 1.30 bits per heavy atom. The number of halogens is 3. The van der Waals surface area contributed by atoms with Gasteiger partial charge in [-0.15, -0.1) is 0 Å². The monoisotopic (exact) mass is 378 g/mol. The minimum Gasteiger partial charge on any atom is -0.297 e. The highest BCUT2D eigenvalue weighted by molar-refractivity contribution is 5.90. The zero-order chi connectivity index (χ0) is 20.4. The largest absolute Gasteiger partial charge is 0.417 e. The summed E-state index contributed by atoms with van der Waals surface area (Å²) < 4.78 is 39.8. The van der Waals surface area contributed by atoms with Crippen molar-refractivity contribution in [3.8, 4) is 6.07 Å². The number of carbonyl (C=O) groups is 1. The van der Waals surface area contributed by atoms with E-state index in [1.165, 1.54) is 0 Å². The minimum atomic E-state index is -4.52. The lowest BCUT2D eigenvalue weighted by atomic mass is 9.94. The van der Waals surface area contributed by atoms with Crippen LogP contribution < -0.4 is 0 Å². The number of carbonyl (C=O) groups excluding carboxylic acids is 1. The third-order valence-electron chi connectivity index (χ3n) is 4.28. The Morgan fingerprint density at radius 3 is 2.44 bits per heavy atom. The van der Waals surface area contributed by atoms with E-state index in [1.54, 1.807) is 6.92 Å². The number of hydrogen-bond donors (Lipinski definition) is 0. The first-order chi connectivity index (χ1) is 12.5. The number of rotatable bonds is 6. The van der Waals surface area contributed by atoms with Gasteiger partial charge in [0.15, 0.2) is 5.78 Å². The van der Waals surface area contributed by atoms with Crippen molar-refractivity contribution in [1.29, 1.82) is 5.26 Å². The lowest BCUT2D eigenvalue weighted by Gasteiger charge is -2.11. The van der Waals surface area contributed by atoms with Gasteiger partial charge in [-0.2, -0.15) is 23.5 Å². The molecular weight excluding hydrogens is 357 g/mol. The van der Waals surface area contributed by atoms with Crippen LogP contribution in [0.25, 0.3) is 0 Å². The van der Waals surface area contributed by atoms with E-state index in [0.717, 1.165) is 23.4 Å². The summed E-state index contributed by atoms with van der Waals surface area (Å²) in [5, 5.41) is 13.8. The number of aryl methyl sites for hydroxylation is 1. The van der Waals surface area contributed by atoms with Gasteiger partial charge in [0.1, 0.15) is 5.92 Å². The standard InChI is InChI=1S/C19H21F3N4O/c1-11(2)10-26-13(4)15(12(3)25-26)7-18(27)16(8-23)17-6-5-14(9-24-17)19(20,21)22/h5-6,9,11,16H,7,10H2,1-4H3. The predicted octanol–water partition coefficient (Wildman–Crippen LogP) is 3.99. The quantitative estimate of drug-likeness (QED) is 0.762. The lowest BCUT2D eigenvalue weighted by molar-refractivity contribution is -0.137. The van der Waals surface area contributed by atoms with Gasteiger partial charge in [0.2, 0.25) is 0 Å². The van der Waals surface area contributed by atoms with Gasteiger partial charge in [-0.3, -0.25) is 14.5 Å². The summed E-state index contributed by atoms with van der Waals surface area (Å²) in [5.74, 6) is -1.26. The Balaban J connectivity index is 2.24. The summed E-state index contributed by atoms with van der Waals surface area (Å²) >= 11 is 0. The zero-order valence-corrected chi connectivity index (χ0v) is 15.6. The van der Waals surface area contributed by atoms with Crippen LogP contribution in [0.4, 0.5) is 13.2 Å². The van der Waals surface area contributed by atoms with Crippen molar-refractivity contribution >= 4 is 5.78 Å². The van der Waals surface area contributed by atoms with Crippen molar-refractivity contribution in [3.05, 3.63) is 46.5 Å². The Hall–Kier alpha value is -2.69. The molecule has 1 atom stereocenters. The maximum atomic E-state index is 12.6. The Kier molecular flexibility index (Phi) is 6.04. The predicted molar refractivity (Wildman–Crippen MR) is 92.8 cm³/mol. The molecule has 5 nitrogen and oxygen atoms in total. The van der Waals surface area contributed by atoms with Crippen molar-refractivity contribution in [3.63, 3.8) is 0 Å². The molecule has 0 saturated heterocycles. The molecule has 0 amide bonds. The normalized spacial score (nSPS) is 12.9. The first kappa shape index (κ1) is 20.6. The number of hydrogen-bond acceptors (Lipinski definition) is 4. The molecule has 0 aromatic carbocycles.